The predicted molar refractivity (Wildman–Crippen MR) is 134 cm³/mol. The normalized spacial score (nSPS) is 10.7. The van der Waals surface area contributed by atoms with Crippen LogP contribution in [0.4, 0.5) is 11.4 Å². The van der Waals surface area contributed by atoms with Gasteiger partial charge in [-0.15, -0.1) is 11.8 Å². The minimum Gasteiger partial charge on any atom is -0.325 e. The number of anilines is 2. The highest BCUT2D eigenvalue weighted by atomic mass is 32.2. The van der Waals surface area contributed by atoms with Gasteiger partial charge in [-0.25, -0.2) is 0 Å². The highest BCUT2D eigenvalue weighted by Crippen LogP contribution is 2.23. The van der Waals surface area contributed by atoms with Gasteiger partial charge in [-0.3, -0.25) is 9.59 Å². The minimum atomic E-state index is -0.162. The van der Waals surface area contributed by atoms with Crippen molar-refractivity contribution in [1.82, 2.24) is 0 Å². The lowest BCUT2D eigenvalue weighted by atomic mass is 10.1. The molecule has 2 amide bonds. The molecular weight excluding hydrogens is 416 g/mol. The summed E-state index contributed by atoms with van der Waals surface area (Å²) in [7, 11) is 0. The van der Waals surface area contributed by atoms with E-state index in [1.807, 2.05) is 92.7 Å². The van der Waals surface area contributed by atoms with Crippen LogP contribution < -0.4 is 10.6 Å². The van der Waals surface area contributed by atoms with Crippen molar-refractivity contribution >= 4 is 45.7 Å². The lowest BCUT2D eigenvalue weighted by Crippen LogP contribution is -2.14. The maximum Gasteiger partial charge on any atom is 0.255 e. The number of amides is 2. The zero-order valence-corrected chi connectivity index (χ0v) is 18.8. The number of aryl methyl sites for hydroxylation is 2. The molecule has 0 aliphatic carbocycles. The van der Waals surface area contributed by atoms with E-state index in [-0.39, 0.29) is 17.6 Å². The molecule has 0 saturated heterocycles. The number of nitrogens with one attached hydrogen (secondary N) is 2. The molecule has 0 unspecified atom stereocenters. The molecule has 160 valence electrons. The van der Waals surface area contributed by atoms with Crippen LogP contribution in [0.25, 0.3) is 10.8 Å². The Morgan fingerprint density at radius 3 is 2.25 bits per heavy atom. The Morgan fingerprint density at radius 1 is 0.719 bits per heavy atom. The lowest BCUT2D eigenvalue weighted by molar-refractivity contribution is -0.113. The molecular formula is C27H24N2O2S. The first-order valence-electron chi connectivity index (χ1n) is 10.4. The van der Waals surface area contributed by atoms with E-state index < -0.39 is 0 Å². The average Bonchev–Trinajstić information content (AvgIpc) is 2.77. The van der Waals surface area contributed by atoms with Crippen LogP contribution in [0.5, 0.6) is 0 Å². The van der Waals surface area contributed by atoms with Crippen LogP contribution >= 0.6 is 11.8 Å². The maximum absolute atomic E-state index is 12.7. The summed E-state index contributed by atoms with van der Waals surface area (Å²) in [6, 6.07) is 27.1. The van der Waals surface area contributed by atoms with Gasteiger partial charge >= 0.3 is 0 Å². The van der Waals surface area contributed by atoms with Crippen LogP contribution in [0.15, 0.2) is 89.8 Å². The topological polar surface area (TPSA) is 58.2 Å². The van der Waals surface area contributed by atoms with Crippen LogP contribution in [0.1, 0.15) is 21.5 Å². The van der Waals surface area contributed by atoms with Crippen LogP contribution in [-0.4, -0.2) is 17.6 Å². The van der Waals surface area contributed by atoms with Gasteiger partial charge < -0.3 is 10.6 Å². The fourth-order valence-corrected chi connectivity index (χ4v) is 4.35. The van der Waals surface area contributed by atoms with Crippen molar-refractivity contribution in [1.29, 1.82) is 0 Å². The van der Waals surface area contributed by atoms with Crippen LogP contribution in [0.2, 0.25) is 0 Å². The van der Waals surface area contributed by atoms with Gasteiger partial charge in [0.25, 0.3) is 5.91 Å². The minimum absolute atomic E-state index is 0.0643. The van der Waals surface area contributed by atoms with Gasteiger partial charge in [0.2, 0.25) is 5.91 Å². The molecule has 2 N–H and O–H groups in total. The SMILES string of the molecule is Cc1cc(C)cc(NC(=O)CSc2cccc(NC(=O)c3ccc4ccccc4c3)c2)c1. The first kappa shape index (κ1) is 21.7. The summed E-state index contributed by atoms with van der Waals surface area (Å²) in [5.41, 5.74) is 4.34. The van der Waals surface area contributed by atoms with E-state index in [1.54, 1.807) is 0 Å². The van der Waals surface area contributed by atoms with Gasteiger partial charge in [-0.05, 0) is 78.2 Å². The van der Waals surface area contributed by atoms with Crippen molar-refractivity contribution < 1.29 is 9.59 Å². The summed E-state index contributed by atoms with van der Waals surface area (Å²) in [5, 5.41) is 8.02. The number of hydrogen-bond donors (Lipinski definition) is 2. The molecule has 0 spiro atoms. The molecule has 4 aromatic carbocycles. The number of rotatable bonds is 6. The second-order valence-electron chi connectivity index (χ2n) is 7.76. The number of carbonyl (C=O) groups excluding carboxylic acids is 2. The molecule has 0 heterocycles. The molecule has 0 aliphatic heterocycles. The Labute approximate surface area is 192 Å². The number of fused-ring (bicyclic) bond motifs is 1. The van der Waals surface area contributed by atoms with Crippen molar-refractivity contribution in [2.75, 3.05) is 16.4 Å². The number of hydrogen-bond acceptors (Lipinski definition) is 3. The van der Waals surface area contributed by atoms with E-state index in [4.69, 9.17) is 0 Å². The van der Waals surface area contributed by atoms with E-state index in [9.17, 15) is 9.59 Å². The molecule has 0 aromatic heterocycles. The standard InChI is InChI=1S/C27H24N2O2S/c1-18-12-19(2)14-24(13-18)28-26(30)17-32-25-9-5-8-23(16-25)29-27(31)22-11-10-20-6-3-4-7-21(20)15-22/h3-16H,17H2,1-2H3,(H,28,30)(H,29,31). The van der Waals surface area contributed by atoms with Crippen molar-refractivity contribution in [3.05, 3.63) is 102 Å². The predicted octanol–water partition coefficient (Wildman–Crippen LogP) is 6.44. The van der Waals surface area contributed by atoms with Crippen molar-refractivity contribution in [3.8, 4) is 0 Å². The fourth-order valence-electron chi connectivity index (χ4n) is 3.59. The van der Waals surface area contributed by atoms with E-state index >= 15 is 0 Å². The molecule has 0 atom stereocenters. The molecule has 0 saturated carbocycles. The first-order chi connectivity index (χ1) is 15.5. The van der Waals surface area contributed by atoms with Crippen molar-refractivity contribution in [2.24, 2.45) is 0 Å². The van der Waals surface area contributed by atoms with Gasteiger partial charge in [0.15, 0.2) is 0 Å². The Balaban J connectivity index is 1.37. The molecule has 4 aromatic rings. The summed E-state index contributed by atoms with van der Waals surface area (Å²) >= 11 is 1.43. The molecule has 0 radical (unpaired) electrons. The summed E-state index contributed by atoms with van der Waals surface area (Å²) < 4.78 is 0. The van der Waals surface area contributed by atoms with E-state index in [1.165, 1.54) is 11.8 Å². The quantitative estimate of drug-likeness (QED) is 0.339. The Kier molecular flexibility index (Phi) is 6.57. The zero-order chi connectivity index (χ0) is 22.5. The van der Waals surface area contributed by atoms with E-state index in [0.717, 1.165) is 32.5 Å². The van der Waals surface area contributed by atoms with E-state index in [2.05, 4.69) is 16.7 Å². The van der Waals surface area contributed by atoms with Gasteiger partial charge in [-0.1, -0.05) is 42.5 Å². The summed E-state index contributed by atoms with van der Waals surface area (Å²) in [6.45, 7) is 4.02. The highest BCUT2D eigenvalue weighted by Gasteiger charge is 2.09. The molecule has 0 fully saturated rings. The van der Waals surface area contributed by atoms with Gasteiger partial charge in [0.05, 0.1) is 5.75 Å². The average molecular weight is 441 g/mol. The Hall–Kier alpha value is -3.57. The van der Waals surface area contributed by atoms with Gasteiger partial charge in [0, 0.05) is 21.8 Å². The van der Waals surface area contributed by atoms with Gasteiger partial charge in [0.1, 0.15) is 0 Å². The fraction of sp³-hybridized carbons (Fsp3) is 0.111. The summed E-state index contributed by atoms with van der Waals surface area (Å²) in [4.78, 5) is 26.0. The molecule has 5 heteroatoms. The third-order valence-corrected chi connectivity index (χ3v) is 5.97. The number of benzene rings is 4. The molecule has 4 rings (SSSR count). The largest absolute Gasteiger partial charge is 0.325 e. The van der Waals surface area contributed by atoms with Crippen LogP contribution in [-0.2, 0) is 4.79 Å². The number of thioether (sulfide) groups is 1. The summed E-state index contributed by atoms with van der Waals surface area (Å²) in [5.74, 6) is 0.0609. The molecule has 0 aliphatic rings. The molecule has 32 heavy (non-hydrogen) atoms. The zero-order valence-electron chi connectivity index (χ0n) is 18.0. The number of carbonyl (C=O) groups is 2. The van der Waals surface area contributed by atoms with Crippen LogP contribution in [0.3, 0.4) is 0 Å². The second kappa shape index (κ2) is 9.71. The van der Waals surface area contributed by atoms with Gasteiger partial charge in [-0.2, -0.15) is 0 Å². The Morgan fingerprint density at radius 2 is 1.47 bits per heavy atom. The molecule has 0 bridgehead atoms. The first-order valence-corrected chi connectivity index (χ1v) is 11.4. The lowest BCUT2D eigenvalue weighted by Gasteiger charge is -2.09. The molecule has 4 nitrogen and oxygen atoms in total. The highest BCUT2D eigenvalue weighted by molar-refractivity contribution is 8.00. The third kappa shape index (κ3) is 5.56. The van der Waals surface area contributed by atoms with Crippen molar-refractivity contribution in [2.45, 2.75) is 18.7 Å². The Bertz CT molecular complexity index is 1280. The summed E-state index contributed by atoms with van der Waals surface area (Å²) in [6.07, 6.45) is 0. The smallest absolute Gasteiger partial charge is 0.255 e. The van der Waals surface area contributed by atoms with Crippen LogP contribution in [0, 0.1) is 13.8 Å². The maximum atomic E-state index is 12.7. The van der Waals surface area contributed by atoms with E-state index in [0.29, 0.717) is 11.3 Å². The second-order valence-corrected chi connectivity index (χ2v) is 8.81. The van der Waals surface area contributed by atoms with Crippen molar-refractivity contribution in [3.63, 3.8) is 0 Å². The third-order valence-electron chi connectivity index (χ3n) is 4.98. The monoisotopic (exact) mass is 440 g/mol.